The Hall–Kier alpha value is -2.62. The predicted octanol–water partition coefficient (Wildman–Crippen LogP) is 4.64. The number of hydrogen-bond acceptors (Lipinski definition) is 5. The number of carbonyl (C=O) groups is 3. The largest absolute Gasteiger partial charge is 0.354 e. The summed E-state index contributed by atoms with van der Waals surface area (Å²) >= 11 is 12.2. The second-order valence-electron chi connectivity index (χ2n) is 8.82. The van der Waals surface area contributed by atoms with Crippen molar-refractivity contribution in [1.82, 2.24) is 14.5 Å². The summed E-state index contributed by atoms with van der Waals surface area (Å²) in [5.74, 6) is -1.18. The highest BCUT2D eigenvalue weighted by atomic mass is 35.5. The molecule has 0 aromatic heterocycles. The van der Waals surface area contributed by atoms with E-state index in [-0.39, 0.29) is 48.2 Å². The summed E-state index contributed by atoms with van der Waals surface area (Å²) in [6.07, 6.45) is 2.20. The average molecular weight is 569 g/mol. The maximum absolute atomic E-state index is 13.4. The van der Waals surface area contributed by atoms with Crippen LogP contribution >= 0.6 is 23.2 Å². The number of sulfonamides is 1. The number of fused-ring (bicyclic) bond motifs is 1. The molecule has 0 saturated heterocycles. The van der Waals surface area contributed by atoms with Gasteiger partial charge in [-0.15, -0.1) is 0 Å². The van der Waals surface area contributed by atoms with E-state index in [4.69, 9.17) is 23.2 Å². The third-order valence-electron chi connectivity index (χ3n) is 6.22. The summed E-state index contributed by atoms with van der Waals surface area (Å²) in [7, 11) is -3.95. The number of halogens is 2. The van der Waals surface area contributed by atoms with E-state index in [1.54, 1.807) is 30.3 Å². The number of nitrogens with zero attached hydrogens (tertiary/aromatic N) is 2. The van der Waals surface area contributed by atoms with Gasteiger partial charge >= 0.3 is 0 Å². The van der Waals surface area contributed by atoms with Crippen LogP contribution in [0.15, 0.2) is 47.4 Å². The van der Waals surface area contributed by atoms with E-state index in [1.165, 1.54) is 17.0 Å². The number of unbranched alkanes of at least 4 members (excludes halogenated alkanes) is 1. The van der Waals surface area contributed by atoms with E-state index in [0.717, 1.165) is 17.1 Å². The standard InChI is InChI=1S/C26H31Cl2N3O5S/c1-3-5-14-29-25(33)22(4-2)30(17-18-12-13-20(27)21(28)16-18)24(32)11-8-15-31-26(34)19-9-6-7-10-23(19)37(31,35)36/h6-7,9-10,12-13,16,22H,3-5,8,11,14-15,17H2,1-2H3,(H,29,33)/t22-/m1/s1. The molecule has 0 aliphatic carbocycles. The zero-order chi connectivity index (χ0) is 27.2. The van der Waals surface area contributed by atoms with Crippen molar-refractivity contribution in [2.45, 2.75) is 63.4 Å². The van der Waals surface area contributed by atoms with Crippen LogP contribution < -0.4 is 5.32 Å². The molecule has 0 unspecified atom stereocenters. The van der Waals surface area contributed by atoms with Gasteiger partial charge in [0, 0.05) is 26.1 Å². The van der Waals surface area contributed by atoms with E-state index in [1.807, 2.05) is 13.8 Å². The Bertz CT molecular complexity index is 1270. The van der Waals surface area contributed by atoms with Crippen LogP contribution in [0.4, 0.5) is 0 Å². The van der Waals surface area contributed by atoms with E-state index in [0.29, 0.717) is 28.6 Å². The molecule has 3 rings (SSSR count). The smallest absolute Gasteiger partial charge is 0.269 e. The van der Waals surface area contributed by atoms with Gasteiger partial charge < -0.3 is 10.2 Å². The van der Waals surface area contributed by atoms with Crippen LogP contribution in [0.2, 0.25) is 10.0 Å². The number of amides is 3. The van der Waals surface area contributed by atoms with Crippen LogP contribution in [0, 0.1) is 0 Å². The van der Waals surface area contributed by atoms with Crippen molar-refractivity contribution in [3.8, 4) is 0 Å². The Morgan fingerprint density at radius 1 is 1.05 bits per heavy atom. The first-order valence-electron chi connectivity index (χ1n) is 12.3. The first-order chi connectivity index (χ1) is 17.6. The van der Waals surface area contributed by atoms with Crippen molar-refractivity contribution in [2.24, 2.45) is 0 Å². The summed E-state index contributed by atoms with van der Waals surface area (Å²) in [5, 5.41) is 3.61. The van der Waals surface area contributed by atoms with Gasteiger partial charge in [0.15, 0.2) is 0 Å². The normalized spacial score (nSPS) is 14.8. The number of carbonyl (C=O) groups excluding carboxylic acids is 3. The van der Waals surface area contributed by atoms with Gasteiger partial charge in [0.05, 0.1) is 15.6 Å². The SMILES string of the molecule is CCCCNC(=O)[C@@H](CC)N(Cc1ccc(Cl)c(Cl)c1)C(=O)CCCN1C(=O)c2ccccc2S1(=O)=O. The molecule has 8 nitrogen and oxygen atoms in total. The highest BCUT2D eigenvalue weighted by molar-refractivity contribution is 7.90. The molecule has 1 aliphatic heterocycles. The highest BCUT2D eigenvalue weighted by Gasteiger charge is 2.40. The third-order valence-corrected chi connectivity index (χ3v) is 8.80. The van der Waals surface area contributed by atoms with Gasteiger partial charge in [-0.2, -0.15) is 0 Å². The molecule has 2 aromatic rings. The van der Waals surface area contributed by atoms with Crippen molar-refractivity contribution >= 4 is 50.9 Å². The third kappa shape index (κ3) is 6.64. The number of hydrogen-bond donors (Lipinski definition) is 1. The molecule has 0 spiro atoms. The number of benzene rings is 2. The lowest BCUT2D eigenvalue weighted by Crippen LogP contribution is -2.49. The lowest BCUT2D eigenvalue weighted by Gasteiger charge is -2.31. The Morgan fingerprint density at radius 3 is 2.43 bits per heavy atom. The first kappa shape index (κ1) is 28.9. The molecule has 37 heavy (non-hydrogen) atoms. The van der Waals surface area contributed by atoms with Gasteiger partial charge in [-0.1, -0.05) is 61.7 Å². The van der Waals surface area contributed by atoms with Crippen molar-refractivity contribution in [2.75, 3.05) is 13.1 Å². The molecule has 11 heteroatoms. The van der Waals surface area contributed by atoms with Gasteiger partial charge in [-0.3, -0.25) is 14.4 Å². The van der Waals surface area contributed by atoms with E-state index >= 15 is 0 Å². The molecule has 200 valence electrons. The van der Waals surface area contributed by atoms with Crippen LogP contribution in [0.3, 0.4) is 0 Å². The van der Waals surface area contributed by atoms with Crippen LogP contribution in [-0.4, -0.2) is 54.5 Å². The lowest BCUT2D eigenvalue weighted by atomic mass is 10.1. The summed E-state index contributed by atoms with van der Waals surface area (Å²) in [6, 6.07) is 10.3. The van der Waals surface area contributed by atoms with Gasteiger partial charge in [0.2, 0.25) is 11.8 Å². The minimum Gasteiger partial charge on any atom is -0.354 e. The fourth-order valence-corrected chi connectivity index (χ4v) is 6.16. The highest BCUT2D eigenvalue weighted by Crippen LogP contribution is 2.30. The molecule has 1 aliphatic rings. The number of rotatable bonds is 12. The Labute approximate surface area is 228 Å². The van der Waals surface area contributed by atoms with Crippen molar-refractivity contribution in [3.63, 3.8) is 0 Å². The van der Waals surface area contributed by atoms with Crippen LogP contribution in [-0.2, 0) is 26.2 Å². The Balaban J connectivity index is 1.75. The molecule has 0 bridgehead atoms. The number of nitrogens with one attached hydrogen (secondary N) is 1. The summed E-state index contributed by atoms with van der Waals surface area (Å²) < 4.78 is 26.4. The quantitative estimate of drug-likeness (QED) is 0.376. The summed E-state index contributed by atoms with van der Waals surface area (Å²) in [5.41, 5.74) is 0.833. The topological polar surface area (TPSA) is 104 Å². The molecule has 0 saturated carbocycles. The maximum atomic E-state index is 13.4. The molecular formula is C26H31Cl2N3O5S. The molecule has 1 N–H and O–H groups in total. The monoisotopic (exact) mass is 567 g/mol. The van der Waals surface area contributed by atoms with Gasteiger partial charge in [-0.25, -0.2) is 12.7 Å². The summed E-state index contributed by atoms with van der Waals surface area (Å²) in [6.45, 7) is 4.35. The van der Waals surface area contributed by atoms with E-state index in [9.17, 15) is 22.8 Å². The van der Waals surface area contributed by atoms with Gasteiger partial charge in [-0.05, 0) is 49.1 Å². The fraction of sp³-hybridized carbons (Fsp3) is 0.423. The van der Waals surface area contributed by atoms with Crippen molar-refractivity contribution in [3.05, 3.63) is 63.6 Å². The molecule has 1 atom stereocenters. The van der Waals surface area contributed by atoms with E-state index < -0.39 is 22.0 Å². The minimum absolute atomic E-state index is 0.0256. The first-order valence-corrected chi connectivity index (χ1v) is 14.5. The Morgan fingerprint density at radius 2 is 1.78 bits per heavy atom. The Kier molecular flexibility index (Phi) is 9.98. The van der Waals surface area contributed by atoms with Crippen LogP contribution in [0.1, 0.15) is 61.9 Å². The molecule has 2 aromatic carbocycles. The molecule has 0 radical (unpaired) electrons. The van der Waals surface area contributed by atoms with Crippen molar-refractivity contribution in [1.29, 1.82) is 0 Å². The maximum Gasteiger partial charge on any atom is 0.269 e. The summed E-state index contributed by atoms with van der Waals surface area (Å²) in [4.78, 5) is 40.5. The average Bonchev–Trinajstić information content (AvgIpc) is 3.06. The molecule has 3 amide bonds. The molecular weight excluding hydrogens is 537 g/mol. The zero-order valence-corrected chi connectivity index (χ0v) is 23.2. The van der Waals surface area contributed by atoms with Gasteiger partial charge in [0.1, 0.15) is 10.9 Å². The second-order valence-corrected chi connectivity index (χ2v) is 11.5. The molecule has 1 heterocycles. The van der Waals surface area contributed by atoms with E-state index in [2.05, 4.69) is 5.32 Å². The fourth-order valence-electron chi connectivity index (χ4n) is 4.23. The second kappa shape index (κ2) is 12.8. The van der Waals surface area contributed by atoms with Crippen LogP contribution in [0.25, 0.3) is 0 Å². The lowest BCUT2D eigenvalue weighted by molar-refractivity contribution is -0.141. The molecule has 0 fully saturated rings. The predicted molar refractivity (Wildman–Crippen MR) is 143 cm³/mol. The van der Waals surface area contributed by atoms with Gasteiger partial charge in [0.25, 0.3) is 15.9 Å². The zero-order valence-electron chi connectivity index (χ0n) is 20.9. The van der Waals surface area contributed by atoms with Crippen LogP contribution in [0.5, 0.6) is 0 Å². The minimum atomic E-state index is -3.95. The van der Waals surface area contributed by atoms with Crippen molar-refractivity contribution < 1.29 is 22.8 Å².